The molecule has 2 rings (SSSR count). The molecule has 0 spiro atoms. The molecule has 118 valence electrons. The molecule has 1 aliphatic carbocycles. The van der Waals surface area contributed by atoms with E-state index in [2.05, 4.69) is 31.0 Å². The molecular formula is C15H30N2O2S. The van der Waals surface area contributed by atoms with E-state index in [1.807, 2.05) is 0 Å². The molecule has 1 saturated carbocycles. The van der Waals surface area contributed by atoms with Crippen molar-refractivity contribution < 1.29 is 8.42 Å². The van der Waals surface area contributed by atoms with E-state index >= 15 is 0 Å². The first kappa shape index (κ1) is 16.2. The highest BCUT2D eigenvalue weighted by Gasteiger charge is 2.35. The normalized spacial score (nSPS) is 27.6. The van der Waals surface area contributed by atoms with Crippen LogP contribution >= 0.6 is 0 Å². The first-order valence-electron chi connectivity index (χ1n) is 8.07. The monoisotopic (exact) mass is 302 g/mol. The van der Waals surface area contributed by atoms with Gasteiger partial charge in [-0.1, -0.05) is 13.8 Å². The maximum atomic E-state index is 11.7. The van der Waals surface area contributed by atoms with Crippen molar-refractivity contribution in [3.63, 3.8) is 0 Å². The summed E-state index contributed by atoms with van der Waals surface area (Å²) in [5.74, 6) is 0.656. The molecule has 1 heterocycles. The fourth-order valence-corrected chi connectivity index (χ4v) is 4.75. The third-order valence-corrected chi connectivity index (χ3v) is 6.98. The van der Waals surface area contributed by atoms with Crippen LogP contribution in [0.25, 0.3) is 0 Å². The minimum Gasteiger partial charge on any atom is -0.313 e. The second-order valence-corrected chi connectivity index (χ2v) is 9.02. The average Bonchev–Trinajstić information content (AvgIpc) is 3.21. The lowest BCUT2D eigenvalue weighted by molar-refractivity contribution is 0.112. The number of hydrogen-bond acceptors (Lipinski definition) is 4. The Morgan fingerprint density at radius 2 is 1.90 bits per heavy atom. The van der Waals surface area contributed by atoms with Crippen molar-refractivity contribution in [3.05, 3.63) is 0 Å². The molecule has 20 heavy (non-hydrogen) atoms. The van der Waals surface area contributed by atoms with Gasteiger partial charge in [0.15, 0.2) is 9.84 Å². The molecule has 1 aliphatic heterocycles. The summed E-state index contributed by atoms with van der Waals surface area (Å²) < 4.78 is 23.4. The van der Waals surface area contributed by atoms with Gasteiger partial charge in [-0.2, -0.15) is 0 Å². The molecule has 1 saturated heterocycles. The summed E-state index contributed by atoms with van der Waals surface area (Å²) >= 11 is 0. The highest BCUT2D eigenvalue weighted by molar-refractivity contribution is 7.91. The Morgan fingerprint density at radius 1 is 1.25 bits per heavy atom. The predicted octanol–water partition coefficient (Wildman–Crippen LogP) is 1.66. The quantitative estimate of drug-likeness (QED) is 0.777. The van der Waals surface area contributed by atoms with Crippen LogP contribution in [0.2, 0.25) is 0 Å². The molecule has 1 N–H and O–H groups in total. The molecule has 0 aromatic rings. The second-order valence-electron chi connectivity index (χ2n) is 6.80. The number of rotatable bonds is 7. The smallest absolute Gasteiger partial charge is 0.153 e. The van der Waals surface area contributed by atoms with Crippen LogP contribution in [0.1, 0.15) is 46.5 Å². The van der Waals surface area contributed by atoms with Gasteiger partial charge in [0.05, 0.1) is 11.5 Å². The summed E-state index contributed by atoms with van der Waals surface area (Å²) in [6.45, 7) is 9.39. The molecule has 5 heteroatoms. The fraction of sp³-hybridized carbons (Fsp3) is 1.00. The van der Waals surface area contributed by atoms with E-state index in [1.54, 1.807) is 0 Å². The highest BCUT2D eigenvalue weighted by atomic mass is 32.2. The fourth-order valence-electron chi connectivity index (χ4n) is 3.13. The summed E-state index contributed by atoms with van der Waals surface area (Å²) in [6.07, 6.45) is 4.95. The zero-order valence-corrected chi connectivity index (χ0v) is 14.0. The first-order chi connectivity index (χ1) is 9.40. The van der Waals surface area contributed by atoms with Crippen LogP contribution in [0.3, 0.4) is 0 Å². The molecule has 0 aromatic heterocycles. The molecule has 2 fully saturated rings. The van der Waals surface area contributed by atoms with Gasteiger partial charge in [0.25, 0.3) is 0 Å². The van der Waals surface area contributed by atoms with Gasteiger partial charge in [0.2, 0.25) is 0 Å². The first-order valence-corrected chi connectivity index (χ1v) is 9.90. The van der Waals surface area contributed by atoms with E-state index in [1.165, 1.54) is 12.8 Å². The molecule has 0 bridgehead atoms. The molecule has 4 nitrogen and oxygen atoms in total. The topological polar surface area (TPSA) is 49.4 Å². The summed E-state index contributed by atoms with van der Waals surface area (Å²) in [6, 6.07) is 0.902. The van der Waals surface area contributed by atoms with E-state index in [0.29, 0.717) is 18.1 Å². The highest BCUT2D eigenvalue weighted by Crippen LogP contribution is 2.30. The van der Waals surface area contributed by atoms with Gasteiger partial charge in [-0.25, -0.2) is 8.42 Å². The lowest BCUT2D eigenvalue weighted by Gasteiger charge is -2.42. The minimum absolute atomic E-state index is 0.159. The molecule has 0 aromatic carbocycles. The Bertz CT molecular complexity index is 414. The maximum Gasteiger partial charge on any atom is 0.153 e. The lowest BCUT2D eigenvalue weighted by Crippen LogP contribution is -2.53. The van der Waals surface area contributed by atoms with Gasteiger partial charge < -0.3 is 5.32 Å². The van der Waals surface area contributed by atoms with Gasteiger partial charge in [-0.15, -0.1) is 0 Å². The van der Waals surface area contributed by atoms with E-state index in [4.69, 9.17) is 0 Å². The number of sulfone groups is 1. The van der Waals surface area contributed by atoms with Crippen molar-refractivity contribution in [1.82, 2.24) is 10.2 Å². The molecule has 1 atom stereocenters. The minimum atomic E-state index is -2.81. The van der Waals surface area contributed by atoms with E-state index in [0.717, 1.165) is 32.0 Å². The standard InChI is InChI=1S/C15H30N2O2S/c1-4-15(5-2,11-16-14-6-7-14)12-17-8-9-20(18,19)10-13(17)3/h13-14,16H,4-12H2,1-3H3. The van der Waals surface area contributed by atoms with Gasteiger partial charge >= 0.3 is 0 Å². The zero-order chi connectivity index (χ0) is 14.8. The van der Waals surface area contributed by atoms with Crippen molar-refractivity contribution in [3.8, 4) is 0 Å². The number of hydrogen-bond donors (Lipinski definition) is 1. The third-order valence-electron chi connectivity index (χ3n) is 5.19. The van der Waals surface area contributed by atoms with E-state index in [-0.39, 0.29) is 11.5 Å². The largest absolute Gasteiger partial charge is 0.313 e. The Morgan fingerprint density at radius 3 is 2.40 bits per heavy atom. The molecule has 0 amide bonds. The maximum absolute atomic E-state index is 11.7. The summed E-state index contributed by atoms with van der Waals surface area (Å²) in [5, 5.41) is 3.68. The summed E-state index contributed by atoms with van der Waals surface area (Å²) in [7, 11) is -2.81. The van der Waals surface area contributed by atoms with Crippen molar-refractivity contribution in [1.29, 1.82) is 0 Å². The van der Waals surface area contributed by atoms with Crippen LogP contribution < -0.4 is 5.32 Å². The van der Waals surface area contributed by atoms with E-state index in [9.17, 15) is 8.42 Å². The molecule has 1 unspecified atom stereocenters. The third kappa shape index (κ3) is 4.18. The van der Waals surface area contributed by atoms with Gasteiger partial charge in [0.1, 0.15) is 0 Å². The van der Waals surface area contributed by atoms with E-state index < -0.39 is 9.84 Å². The van der Waals surface area contributed by atoms with Crippen molar-refractivity contribution in [2.45, 2.75) is 58.5 Å². The van der Waals surface area contributed by atoms with Crippen molar-refractivity contribution in [2.75, 3.05) is 31.1 Å². The Labute approximate surface area is 124 Å². The Hall–Kier alpha value is -0.130. The van der Waals surface area contributed by atoms with Crippen LogP contribution in [-0.4, -0.2) is 56.5 Å². The van der Waals surface area contributed by atoms with Gasteiger partial charge in [0, 0.05) is 31.7 Å². The molecule has 0 radical (unpaired) electrons. The van der Waals surface area contributed by atoms with Gasteiger partial charge in [-0.3, -0.25) is 4.90 Å². The molecule has 2 aliphatic rings. The zero-order valence-electron chi connectivity index (χ0n) is 13.2. The van der Waals surface area contributed by atoms with Crippen molar-refractivity contribution in [2.24, 2.45) is 5.41 Å². The Balaban J connectivity index is 1.95. The van der Waals surface area contributed by atoms with Crippen LogP contribution in [-0.2, 0) is 9.84 Å². The summed E-state index contributed by atoms with van der Waals surface area (Å²) in [5.41, 5.74) is 0.290. The van der Waals surface area contributed by atoms with Crippen molar-refractivity contribution >= 4 is 9.84 Å². The Kier molecular flexibility index (Phi) is 5.14. The van der Waals surface area contributed by atoms with Crippen LogP contribution in [0.5, 0.6) is 0 Å². The van der Waals surface area contributed by atoms with Gasteiger partial charge in [-0.05, 0) is 38.0 Å². The molecular weight excluding hydrogens is 272 g/mol. The number of nitrogens with one attached hydrogen (secondary N) is 1. The average molecular weight is 302 g/mol. The predicted molar refractivity (Wildman–Crippen MR) is 83.7 cm³/mol. The lowest BCUT2D eigenvalue weighted by atomic mass is 9.81. The van der Waals surface area contributed by atoms with Crippen LogP contribution in [0.4, 0.5) is 0 Å². The van der Waals surface area contributed by atoms with Crippen LogP contribution in [0.15, 0.2) is 0 Å². The SMILES string of the molecule is CCC(CC)(CNC1CC1)CN1CCS(=O)(=O)CC1C. The van der Waals surface area contributed by atoms with Crippen LogP contribution in [0, 0.1) is 5.41 Å². The number of nitrogens with zero attached hydrogens (tertiary/aromatic N) is 1. The summed E-state index contributed by atoms with van der Waals surface area (Å²) in [4.78, 5) is 2.39. The second kappa shape index (κ2) is 6.32.